The average molecular weight is 496 g/mol. The van der Waals surface area contributed by atoms with Gasteiger partial charge >= 0.3 is 0 Å². The molecule has 1 heterocycles. The van der Waals surface area contributed by atoms with Crippen molar-refractivity contribution in [3.63, 3.8) is 0 Å². The molecule has 0 aliphatic heterocycles. The number of nitrogens with zero attached hydrogens (tertiary/aromatic N) is 2. The molecule has 0 saturated heterocycles. The predicted octanol–water partition coefficient (Wildman–Crippen LogP) is 5.25. The van der Waals surface area contributed by atoms with Gasteiger partial charge in [0.2, 0.25) is 6.10 Å². The van der Waals surface area contributed by atoms with E-state index in [0.717, 1.165) is 51.1 Å². The first kappa shape index (κ1) is 24.3. The molecule has 5 rings (SSSR count). The van der Waals surface area contributed by atoms with Crippen LogP contribution in [0.15, 0.2) is 65.8 Å². The molecule has 4 aromatic rings. The number of oxime groups is 1. The van der Waals surface area contributed by atoms with Gasteiger partial charge in [-0.25, -0.2) is 0 Å². The smallest absolute Gasteiger partial charge is 0.212 e. The zero-order valence-electron chi connectivity index (χ0n) is 21.4. The van der Waals surface area contributed by atoms with Crippen molar-refractivity contribution in [2.24, 2.45) is 5.16 Å². The topological polar surface area (TPSA) is 68.3 Å². The van der Waals surface area contributed by atoms with Gasteiger partial charge in [0.15, 0.2) is 11.5 Å². The largest absolute Gasteiger partial charge is 0.493 e. The molecule has 188 valence electrons. The van der Waals surface area contributed by atoms with Crippen molar-refractivity contribution in [3.8, 4) is 40.8 Å². The summed E-state index contributed by atoms with van der Waals surface area (Å²) in [6, 6.07) is 19.5. The van der Waals surface area contributed by atoms with Crippen molar-refractivity contribution in [2.75, 3.05) is 41.5 Å². The quantitative estimate of drug-likeness (QED) is 0.224. The van der Waals surface area contributed by atoms with Crippen LogP contribution in [0, 0.1) is 12.3 Å². The van der Waals surface area contributed by atoms with E-state index in [0.29, 0.717) is 23.8 Å². The number of aromatic nitrogens is 1. The summed E-state index contributed by atoms with van der Waals surface area (Å²) in [6.45, 7) is 1.41. The van der Waals surface area contributed by atoms with Gasteiger partial charge in [0.1, 0.15) is 18.1 Å². The molecule has 0 amide bonds. The van der Waals surface area contributed by atoms with Gasteiger partial charge in [-0.1, -0.05) is 41.4 Å². The van der Waals surface area contributed by atoms with Gasteiger partial charge in [-0.05, 0) is 44.4 Å². The number of ether oxygens (including phenoxy) is 3. The van der Waals surface area contributed by atoms with Crippen LogP contribution in [0.2, 0.25) is 0 Å². The van der Waals surface area contributed by atoms with Crippen LogP contribution in [0.4, 0.5) is 0 Å². The predicted molar refractivity (Wildman–Crippen MR) is 146 cm³/mol. The standard InChI is InChI=1S/C30H29N3O4/c1-6-25(19-10-8-7-9-11-19)37-32-30-22-18-27(35-5)26(34-4)17-21(22)29-28(30)23-16-20(12-13-24(23)31-29)36-15-14-33(2)3/h1,7-13,16-18,25,31H,14-15H2,2-5H3/b32-30-/t25-/m1/s1. The Hall–Kier alpha value is -4.41. The fraction of sp³-hybridized carbons (Fsp3) is 0.233. The lowest BCUT2D eigenvalue weighted by atomic mass is 10.1. The Kier molecular flexibility index (Phi) is 6.76. The molecule has 37 heavy (non-hydrogen) atoms. The van der Waals surface area contributed by atoms with Crippen LogP contribution < -0.4 is 14.2 Å². The fourth-order valence-corrected chi connectivity index (χ4v) is 4.49. The van der Waals surface area contributed by atoms with E-state index in [1.165, 1.54) is 0 Å². The molecule has 7 heteroatoms. The summed E-state index contributed by atoms with van der Waals surface area (Å²) in [5, 5.41) is 5.61. The average Bonchev–Trinajstić information content (AvgIpc) is 3.43. The van der Waals surface area contributed by atoms with Crippen molar-refractivity contribution in [1.29, 1.82) is 0 Å². The number of aromatic amines is 1. The number of terminal acetylenes is 1. The highest BCUT2D eigenvalue weighted by atomic mass is 16.6. The number of fused-ring (bicyclic) bond motifs is 5. The maximum Gasteiger partial charge on any atom is 0.212 e. The second kappa shape index (κ2) is 10.3. The van der Waals surface area contributed by atoms with E-state index in [2.05, 4.69) is 21.0 Å². The van der Waals surface area contributed by atoms with Crippen molar-refractivity contribution in [1.82, 2.24) is 9.88 Å². The van der Waals surface area contributed by atoms with Crippen LogP contribution in [-0.4, -0.2) is 57.1 Å². The molecule has 0 bridgehead atoms. The number of benzene rings is 3. The number of H-pyrrole nitrogens is 1. The number of nitrogens with one attached hydrogen (secondary N) is 1. The molecular weight excluding hydrogens is 466 g/mol. The van der Waals surface area contributed by atoms with E-state index >= 15 is 0 Å². The second-order valence-corrected chi connectivity index (χ2v) is 8.99. The van der Waals surface area contributed by atoms with E-state index in [1.807, 2.05) is 74.8 Å². The number of hydrogen-bond acceptors (Lipinski definition) is 6. The lowest BCUT2D eigenvalue weighted by Gasteiger charge is -2.13. The zero-order valence-corrected chi connectivity index (χ0v) is 21.4. The van der Waals surface area contributed by atoms with Crippen LogP contribution in [0.5, 0.6) is 17.2 Å². The minimum atomic E-state index is -0.628. The molecule has 0 fully saturated rings. The minimum Gasteiger partial charge on any atom is -0.493 e. The van der Waals surface area contributed by atoms with E-state index in [-0.39, 0.29) is 0 Å². The molecule has 1 aliphatic carbocycles. The molecule has 0 saturated carbocycles. The number of likely N-dealkylation sites (N-methyl/N-ethyl adjacent to an activating group) is 1. The van der Waals surface area contributed by atoms with Gasteiger partial charge < -0.3 is 28.9 Å². The van der Waals surface area contributed by atoms with Crippen LogP contribution in [-0.2, 0) is 4.84 Å². The Morgan fingerprint density at radius 3 is 2.38 bits per heavy atom. The fourth-order valence-electron chi connectivity index (χ4n) is 4.49. The molecule has 7 nitrogen and oxygen atoms in total. The van der Waals surface area contributed by atoms with E-state index in [1.54, 1.807) is 14.2 Å². The first-order chi connectivity index (χ1) is 18.0. The van der Waals surface area contributed by atoms with Gasteiger partial charge in [-0.3, -0.25) is 0 Å². The first-order valence-corrected chi connectivity index (χ1v) is 12.0. The normalized spacial score (nSPS) is 13.8. The van der Waals surface area contributed by atoms with Crippen LogP contribution >= 0.6 is 0 Å². The Balaban J connectivity index is 1.62. The van der Waals surface area contributed by atoms with Gasteiger partial charge in [0.05, 0.1) is 19.9 Å². The molecule has 1 N–H and O–H groups in total. The van der Waals surface area contributed by atoms with Crippen molar-refractivity contribution >= 4 is 16.6 Å². The van der Waals surface area contributed by atoms with Gasteiger partial charge in [-0.2, -0.15) is 0 Å². The molecule has 1 atom stereocenters. The Morgan fingerprint density at radius 1 is 0.973 bits per heavy atom. The summed E-state index contributed by atoms with van der Waals surface area (Å²) in [7, 11) is 7.28. The second-order valence-electron chi connectivity index (χ2n) is 8.99. The van der Waals surface area contributed by atoms with E-state index < -0.39 is 6.10 Å². The lowest BCUT2D eigenvalue weighted by molar-refractivity contribution is 0.100. The van der Waals surface area contributed by atoms with Crippen molar-refractivity contribution in [3.05, 3.63) is 77.4 Å². The highest BCUT2D eigenvalue weighted by molar-refractivity contribution is 6.30. The molecule has 0 spiro atoms. The van der Waals surface area contributed by atoms with E-state index in [4.69, 9.17) is 25.5 Å². The van der Waals surface area contributed by atoms with Crippen LogP contribution in [0.3, 0.4) is 0 Å². The maximum atomic E-state index is 6.02. The van der Waals surface area contributed by atoms with Gasteiger partial charge in [-0.15, -0.1) is 6.42 Å². The summed E-state index contributed by atoms with van der Waals surface area (Å²) in [4.78, 5) is 11.6. The Bertz CT molecular complexity index is 1500. The third-order valence-electron chi connectivity index (χ3n) is 6.37. The van der Waals surface area contributed by atoms with Crippen LogP contribution in [0.1, 0.15) is 22.8 Å². The van der Waals surface area contributed by atoms with Crippen molar-refractivity contribution in [2.45, 2.75) is 6.10 Å². The van der Waals surface area contributed by atoms with Gasteiger partial charge in [0, 0.05) is 39.7 Å². The number of rotatable bonds is 9. The summed E-state index contributed by atoms with van der Waals surface area (Å²) in [5.74, 6) is 4.72. The monoisotopic (exact) mass is 495 g/mol. The Labute approximate surface area is 216 Å². The third-order valence-corrected chi connectivity index (χ3v) is 6.37. The van der Waals surface area contributed by atoms with Gasteiger partial charge in [0.25, 0.3) is 0 Å². The zero-order chi connectivity index (χ0) is 25.9. The van der Waals surface area contributed by atoms with Crippen LogP contribution in [0.25, 0.3) is 22.2 Å². The maximum absolute atomic E-state index is 6.02. The highest BCUT2D eigenvalue weighted by Crippen LogP contribution is 2.46. The SMILES string of the molecule is C#C[C@@H](O/N=C1/c2cc(OC)c(OC)cc2-c2[nH]c3ccc(OCCN(C)C)cc3c21)c1ccccc1. The molecule has 0 radical (unpaired) electrons. The number of methoxy groups -OCH3 is 2. The highest BCUT2D eigenvalue weighted by Gasteiger charge is 2.32. The summed E-state index contributed by atoms with van der Waals surface area (Å²) >= 11 is 0. The number of hydrogen-bond donors (Lipinski definition) is 1. The summed E-state index contributed by atoms with van der Waals surface area (Å²) in [6.07, 6.45) is 5.19. The third kappa shape index (κ3) is 4.59. The molecule has 0 unspecified atom stereocenters. The molecule has 1 aromatic heterocycles. The molecule has 3 aromatic carbocycles. The first-order valence-electron chi connectivity index (χ1n) is 12.0. The Morgan fingerprint density at radius 2 is 1.70 bits per heavy atom. The summed E-state index contributed by atoms with van der Waals surface area (Å²) in [5.41, 5.74) is 6.14. The molecular formula is C30H29N3O4. The lowest BCUT2D eigenvalue weighted by Crippen LogP contribution is -2.19. The summed E-state index contributed by atoms with van der Waals surface area (Å²) < 4.78 is 17.2. The minimum absolute atomic E-state index is 0.588. The molecule has 1 aliphatic rings. The van der Waals surface area contributed by atoms with E-state index in [9.17, 15) is 0 Å². The van der Waals surface area contributed by atoms with Crippen molar-refractivity contribution < 1.29 is 19.0 Å².